The van der Waals surface area contributed by atoms with E-state index < -0.39 is 6.23 Å². The Bertz CT molecular complexity index is 1130. The number of hydrogen-bond donors (Lipinski definition) is 1. The van der Waals surface area contributed by atoms with Crippen LogP contribution in [-0.2, 0) is 4.74 Å². The van der Waals surface area contributed by atoms with Crippen LogP contribution in [0.25, 0.3) is 17.1 Å². The third kappa shape index (κ3) is 3.96. The van der Waals surface area contributed by atoms with Gasteiger partial charge in [0.05, 0.1) is 5.02 Å². The average Bonchev–Trinajstić information content (AvgIpc) is 3.28. The molecule has 30 heavy (non-hydrogen) atoms. The van der Waals surface area contributed by atoms with Crippen LogP contribution in [0.1, 0.15) is 38.4 Å². The number of nitrogens with one attached hydrogen (secondary N) is 1. The van der Waals surface area contributed by atoms with Gasteiger partial charge in [-0.3, -0.25) is 9.99 Å². The molecule has 1 aliphatic rings. The summed E-state index contributed by atoms with van der Waals surface area (Å²) in [6.45, 7) is 8.18. The Hall–Kier alpha value is -2.02. The van der Waals surface area contributed by atoms with Gasteiger partial charge < -0.3 is 4.74 Å². The maximum Gasteiger partial charge on any atom is 0.231 e. The first-order valence-electron chi connectivity index (χ1n) is 9.46. The van der Waals surface area contributed by atoms with Gasteiger partial charge in [-0.05, 0) is 49.4 Å². The van der Waals surface area contributed by atoms with E-state index in [1.165, 1.54) is 0 Å². The lowest BCUT2D eigenvalue weighted by Crippen LogP contribution is -2.22. The molecule has 5 nitrogen and oxygen atoms in total. The van der Waals surface area contributed by atoms with Crippen molar-refractivity contribution in [2.45, 2.75) is 33.9 Å². The van der Waals surface area contributed by atoms with Crippen LogP contribution >= 0.6 is 39.1 Å². The second-order valence-electron chi connectivity index (χ2n) is 8.14. The van der Waals surface area contributed by atoms with E-state index in [0.717, 1.165) is 27.1 Å². The van der Waals surface area contributed by atoms with Gasteiger partial charge in [0.25, 0.3) is 0 Å². The number of halogens is 3. The zero-order valence-electron chi connectivity index (χ0n) is 17.0. The van der Waals surface area contributed by atoms with Crippen molar-refractivity contribution in [2.24, 2.45) is 10.5 Å². The van der Waals surface area contributed by atoms with Crippen molar-refractivity contribution in [3.05, 3.63) is 68.4 Å². The minimum Gasteiger partial charge on any atom is -0.448 e. The van der Waals surface area contributed by atoms with E-state index in [1.54, 1.807) is 6.07 Å². The van der Waals surface area contributed by atoms with Crippen molar-refractivity contribution in [3.8, 4) is 17.1 Å². The van der Waals surface area contributed by atoms with Gasteiger partial charge in [0, 0.05) is 31.9 Å². The number of nitrogens with zero attached hydrogens (tertiary/aromatic N) is 3. The number of ether oxygens (including phenoxy) is 1. The molecule has 1 aromatic heterocycles. The maximum absolute atomic E-state index is 6.54. The molecule has 0 fully saturated rings. The third-order valence-corrected chi connectivity index (χ3v) is 5.88. The van der Waals surface area contributed by atoms with Crippen molar-refractivity contribution >= 4 is 45.0 Å². The van der Waals surface area contributed by atoms with Gasteiger partial charge in [-0.1, -0.05) is 59.9 Å². The Balaban J connectivity index is 1.85. The standard InChI is InChI=1S/C22H21BrCl2N4O/c1-12-18(20-27-28-21(30-20)22(2,3)4)26-19(16-10-7-14(24)11-17(16)25)29(12)15-8-5-13(23)6-9-15/h5-11,20,27H,1-4H3. The lowest BCUT2D eigenvalue weighted by molar-refractivity contribution is 0.167. The first-order chi connectivity index (χ1) is 14.1. The number of benzene rings is 2. The summed E-state index contributed by atoms with van der Waals surface area (Å²) >= 11 is 16.2. The van der Waals surface area contributed by atoms with Crippen LogP contribution in [0.5, 0.6) is 0 Å². The smallest absolute Gasteiger partial charge is 0.231 e. The first-order valence-corrected chi connectivity index (χ1v) is 11.0. The van der Waals surface area contributed by atoms with Crippen LogP contribution < -0.4 is 5.43 Å². The topological polar surface area (TPSA) is 51.4 Å². The second-order valence-corrected chi connectivity index (χ2v) is 9.90. The Morgan fingerprint density at radius 1 is 1.10 bits per heavy atom. The highest BCUT2D eigenvalue weighted by Crippen LogP contribution is 2.36. The molecule has 1 aliphatic heterocycles. The Labute approximate surface area is 194 Å². The van der Waals surface area contributed by atoms with Crippen molar-refractivity contribution in [1.29, 1.82) is 0 Å². The molecule has 8 heteroatoms. The summed E-state index contributed by atoms with van der Waals surface area (Å²) in [5.41, 5.74) is 6.31. The van der Waals surface area contributed by atoms with Crippen LogP contribution in [0.3, 0.4) is 0 Å². The molecule has 0 spiro atoms. The van der Waals surface area contributed by atoms with E-state index in [0.29, 0.717) is 21.8 Å². The molecule has 2 heterocycles. The molecule has 1 unspecified atom stereocenters. The number of hydrogen-bond acceptors (Lipinski definition) is 4. The van der Waals surface area contributed by atoms with E-state index in [-0.39, 0.29) is 5.41 Å². The monoisotopic (exact) mass is 506 g/mol. The Morgan fingerprint density at radius 3 is 2.40 bits per heavy atom. The normalized spacial score (nSPS) is 16.2. The zero-order valence-corrected chi connectivity index (χ0v) is 20.1. The fourth-order valence-corrected chi connectivity index (χ4v) is 4.02. The predicted molar refractivity (Wildman–Crippen MR) is 125 cm³/mol. The molecule has 1 N–H and O–H groups in total. The molecule has 3 aromatic rings. The summed E-state index contributed by atoms with van der Waals surface area (Å²) in [4.78, 5) is 4.93. The van der Waals surface area contributed by atoms with E-state index in [4.69, 9.17) is 32.9 Å². The minimum atomic E-state index is -0.472. The minimum absolute atomic E-state index is 0.202. The summed E-state index contributed by atoms with van der Waals surface area (Å²) in [6, 6.07) is 13.4. The highest BCUT2D eigenvalue weighted by atomic mass is 79.9. The quantitative estimate of drug-likeness (QED) is 0.419. The fraction of sp³-hybridized carbons (Fsp3) is 0.273. The van der Waals surface area contributed by atoms with Crippen molar-refractivity contribution < 1.29 is 4.74 Å². The van der Waals surface area contributed by atoms with E-state index in [2.05, 4.69) is 51.8 Å². The molecule has 0 bridgehead atoms. The molecular weight excluding hydrogens is 487 g/mol. The van der Waals surface area contributed by atoms with Gasteiger partial charge in [-0.15, -0.1) is 5.10 Å². The largest absolute Gasteiger partial charge is 0.448 e. The van der Waals surface area contributed by atoms with E-state index >= 15 is 0 Å². The molecule has 1 atom stereocenters. The summed E-state index contributed by atoms with van der Waals surface area (Å²) < 4.78 is 9.17. The van der Waals surface area contributed by atoms with E-state index in [9.17, 15) is 0 Å². The van der Waals surface area contributed by atoms with Crippen molar-refractivity contribution in [1.82, 2.24) is 15.0 Å². The molecule has 0 saturated heterocycles. The summed E-state index contributed by atoms with van der Waals surface area (Å²) in [6.07, 6.45) is -0.472. The highest BCUT2D eigenvalue weighted by Gasteiger charge is 2.33. The number of rotatable bonds is 3. The molecule has 4 rings (SSSR count). The molecular formula is C22H21BrCl2N4O. The van der Waals surface area contributed by atoms with Crippen molar-refractivity contribution in [3.63, 3.8) is 0 Å². The number of hydrazone groups is 1. The van der Waals surface area contributed by atoms with Crippen LogP contribution in [0.15, 0.2) is 52.0 Å². The van der Waals surface area contributed by atoms with E-state index in [1.807, 2.05) is 43.3 Å². The number of imidazole rings is 1. The molecule has 156 valence electrons. The summed E-state index contributed by atoms with van der Waals surface area (Å²) in [7, 11) is 0. The van der Waals surface area contributed by atoms with Gasteiger partial charge in [0.15, 0.2) is 0 Å². The maximum atomic E-state index is 6.54. The van der Waals surface area contributed by atoms with Crippen LogP contribution in [0.2, 0.25) is 10.0 Å². The lowest BCUT2D eigenvalue weighted by Gasteiger charge is -2.18. The number of aromatic nitrogens is 2. The van der Waals surface area contributed by atoms with Gasteiger partial charge in [-0.2, -0.15) is 0 Å². The highest BCUT2D eigenvalue weighted by molar-refractivity contribution is 9.10. The lowest BCUT2D eigenvalue weighted by atomic mass is 9.97. The first kappa shape index (κ1) is 21.2. The van der Waals surface area contributed by atoms with Crippen LogP contribution in [0, 0.1) is 12.3 Å². The van der Waals surface area contributed by atoms with Gasteiger partial charge in [-0.25, -0.2) is 4.98 Å². The van der Waals surface area contributed by atoms with Gasteiger partial charge in [0.2, 0.25) is 12.1 Å². The second kappa shape index (κ2) is 7.91. The van der Waals surface area contributed by atoms with Gasteiger partial charge in [0.1, 0.15) is 11.5 Å². The molecule has 0 saturated carbocycles. The molecule has 2 aromatic carbocycles. The Morgan fingerprint density at radius 2 is 1.80 bits per heavy atom. The third-order valence-electron chi connectivity index (χ3n) is 4.80. The molecule has 0 amide bonds. The molecule has 0 radical (unpaired) electrons. The van der Waals surface area contributed by atoms with Crippen LogP contribution in [0.4, 0.5) is 0 Å². The van der Waals surface area contributed by atoms with Gasteiger partial charge >= 0.3 is 0 Å². The summed E-state index contributed by atoms with van der Waals surface area (Å²) in [5, 5.41) is 5.48. The zero-order chi connectivity index (χ0) is 21.6. The summed E-state index contributed by atoms with van der Waals surface area (Å²) in [5.74, 6) is 1.36. The van der Waals surface area contributed by atoms with Crippen LogP contribution in [-0.4, -0.2) is 15.4 Å². The molecule has 0 aliphatic carbocycles. The average molecular weight is 508 g/mol. The van der Waals surface area contributed by atoms with Crippen molar-refractivity contribution in [2.75, 3.05) is 0 Å². The Kier molecular flexibility index (Phi) is 5.60. The SMILES string of the molecule is Cc1c(C2NN=C(C(C)(C)C)O2)nc(-c2ccc(Cl)cc2Cl)n1-c1ccc(Br)cc1. The predicted octanol–water partition coefficient (Wildman–Crippen LogP) is 6.90. The fourth-order valence-electron chi connectivity index (χ4n) is 3.27.